The normalized spacial score (nSPS) is 27.8. The lowest BCUT2D eigenvalue weighted by Gasteiger charge is -2.61. The van der Waals surface area contributed by atoms with Gasteiger partial charge in [0.15, 0.2) is 17.6 Å². The number of hydrogen-bond donors (Lipinski definition) is 2. The molecule has 14 heteroatoms. The van der Waals surface area contributed by atoms with Crippen LogP contribution in [0.5, 0.6) is 11.5 Å². The second-order valence-electron chi connectivity index (χ2n) is 12.5. The summed E-state index contributed by atoms with van der Waals surface area (Å²) in [5.41, 5.74) is -1.89. The molecule has 1 spiro atoms. The molecule has 0 amide bonds. The summed E-state index contributed by atoms with van der Waals surface area (Å²) in [6.07, 6.45) is -4.06. The van der Waals surface area contributed by atoms with Gasteiger partial charge in [0.2, 0.25) is 12.2 Å². The zero-order chi connectivity index (χ0) is 32.4. The Morgan fingerprint density at radius 1 is 1.05 bits per heavy atom. The minimum atomic E-state index is -2.19. The molecule has 2 aliphatic heterocycles. The van der Waals surface area contributed by atoms with E-state index in [0.29, 0.717) is 24.9 Å². The van der Waals surface area contributed by atoms with Crippen LogP contribution in [0, 0.1) is 0 Å². The van der Waals surface area contributed by atoms with Crippen LogP contribution in [0.4, 0.5) is 4.79 Å². The Morgan fingerprint density at radius 2 is 1.70 bits per heavy atom. The largest absolute Gasteiger partial charge is 0.514 e. The lowest BCUT2D eigenvalue weighted by Crippen LogP contribution is -2.74. The van der Waals surface area contributed by atoms with Gasteiger partial charge in [-0.25, -0.2) is 14.4 Å². The van der Waals surface area contributed by atoms with E-state index < -0.39 is 65.0 Å². The first-order valence-electron chi connectivity index (χ1n) is 14.1. The second kappa shape index (κ2) is 10.8. The Morgan fingerprint density at radius 3 is 2.32 bits per heavy atom. The number of piperidine rings is 1. The van der Waals surface area contributed by atoms with Crippen molar-refractivity contribution in [1.82, 2.24) is 4.90 Å². The van der Waals surface area contributed by atoms with Gasteiger partial charge in [-0.1, -0.05) is 6.07 Å². The van der Waals surface area contributed by atoms with Gasteiger partial charge in [0.05, 0.1) is 11.0 Å². The van der Waals surface area contributed by atoms with E-state index in [-0.39, 0.29) is 29.7 Å². The molecule has 2 bridgehead atoms. The van der Waals surface area contributed by atoms with Gasteiger partial charge in [-0.05, 0) is 64.9 Å². The smallest absolute Gasteiger partial charge is 0.478 e. The SMILES string of the molecule is CC(=O)O[C@@H](C(=O)O)[C@@H](OC(C)=O)C(=O)OC1=CC[C@@]2(O)[C@@H]3Cc4ccc(OC(=O)OC(C)(C)C)c5c4[C@@]2(CCN3C)[C@H]1O5. The van der Waals surface area contributed by atoms with Crippen molar-refractivity contribution >= 4 is 30.0 Å². The predicted molar refractivity (Wildman–Crippen MR) is 147 cm³/mol. The van der Waals surface area contributed by atoms with Crippen LogP contribution in [0.25, 0.3) is 0 Å². The quantitative estimate of drug-likeness (QED) is 0.256. The van der Waals surface area contributed by atoms with Crippen molar-refractivity contribution in [2.45, 2.75) is 94.9 Å². The standard InChI is InChI=1S/C30H35NO13/c1-14(32)39-22(25(34)35)23(40-15(2)33)26(36)41-18-9-10-30(38)19-13-16-7-8-17(42-27(37)44-28(3,4)5)21-20(16)29(30,24(18)43-21)11-12-31(19)6/h7-9,19,22-24,38H,10-13H2,1-6H3,(H,34,35)/t19-,22+,23+,24-,29-,30+/m0/s1. The molecule has 2 aliphatic carbocycles. The summed E-state index contributed by atoms with van der Waals surface area (Å²) in [5, 5.41) is 22.0. The highest BCUT2D eigenvalue weighted by Gasteiger charge is 2.72. The molecule has 238 valence electrons. The number of rotatable bonds is 7. The number of hydrogen-bond acceptors (Lipinski definition) is 13. The van der Waals surface area contributed by atoms with E-state index in [9.17, 15) is 34.2 Å². The van der Waals surface area contributed by atoms with Crippen molar-refractivity contribution < 1.29 is 62.6 Å². The van der Waals surface area contributed by atoms with Crippen molar-refractivity contribution in [2.75, 3.05) is 13.6 Å². The highest BCUT2D eigenvalue weighted by atomic mass is 16.7. The maximum atomic E-state index is 13.4. The van der Waals surface area contributed by atoms with Crippen molar-refractivity contribution in [2.24, 2.45) is 0 Å². The first-order valence-corrected chi connectivity index (χ1v) is 14.1. The monoisotopic (exact) mass is 617 g/mol. The number of nitrogens with zero attached hydrogens (tertiary/aromatic N) is 1. The van der Waals surface area contributed by atoms with Crippen molar-refractivity contribution in [1.29, 1.82) is 0 Å². The molecule has 4 aliphatic rings. The lowest BCUT2D eigenvalue weighted by molar-refractivity contribution is -0.190. The number of likely N-dealkylation sites (N-methyl/N-ethyl adjacent to an activating group) is 1. The molecule has 0 aromatic heterocycles. The van der Waals surface area contributed by atoms with Crippen LogP contribution in [0.2, 0.25) is 0 Å². The fourth-order valence-corrected chi connectivity index (χ4v) is 6.88. The summed E-state index contributed by atoms with van der Waals surface area (Å²) in [6, 6.07) is 3.05. The van der Waals surface area contributed by atoms with Gasteiger partial charge in [0.1, 0.15) is 11.4 Å². The third-order valence-corrected chi connectivity index (χ3v) is 8.48. The molecule has 2 N–H and O–H groups in total. The Labute approximate surface area is 252 Å². The van der Waals surface area contributed by atoms with Crippen LogP contribution in [0.15, 0.2) is 24.0 Å². The van der Waals surface area contributed by atoms with Crippen molar-refractivity contribution in [3.05, 3.63) is 35.1 Å². The molecule has 44 heavy (non-hydrogen) atoms. The topological polar surface area (TPSA) is 184 Å². The van der Waals surface area contributed by atoms with E-state index >= 15 is 0 Å². The minimum Gasteiger partial charge on any atom is -0.478 e. The third kappa shape index (κ3) is 5.05. The second-order valence-corrected chi connectivity index (χ2v) is 12.5. The van der Waals surface area contributed by atoms with Crippen molar-refractivity contribution in [3.63, 3.8) is 0 Å². The Balaban J connectivity index is 1.56. The molecular weight excluding hydrogens is 582 g/mol. The highest BCUT2D eigenvalue weighted by Crippen LogP contribution is 2.65. The van der Waals surface area contributed by atoms with Gasteiger partial charge >= 0.3 is 30.0 Å². The van der Waals surface area contributed by atoms with E-state index in [2.05, 4.69) is 4.90 Å². The van der Waals surface area contributed by atoms with E-state index in [1.54, 1.807) is 32.9 Å². The van der Waals surface area contributed by atoms with E-state index in [4.69, 9.17) is 28.4 Å². The summed E-state index contributed by atoms with van der Waals surface area (Å²) in [7, 11) is 1.91. The fraction of sp³-hybridized carbons (Fsp3) is 0.567. The van der Waals surface area contributed by atoms with Gasteiger partial charge in [-0.2, -0.15) is 0 Å². The fourth-order valence-electron chi connectivity index (χ4n) is 6.88. The van der Waals surface area contributed by atoms with Crippen LogP contribution in [0.1, 0.15) is 58.6 Å². The molecule has 0 radical (unpaired) electrons. The zero-order valence-electron chi connectivity index (χ0n) is 25.2. The van der Waals surface area contributed by atoms with E-state index in [1.165, 1.54) is 6.08 Å². The summed E-state index contributed by atoms with van der Waals surface area (Å²) in [6.45, 7) is 7.51. The van der Waals surface area contributed by atoms with Crippen LogP contribution < -0.4 is 9.47 Å². The van der Waals surface area contributed by atoms with Crippen LogP contribution in [-0.4, -0.2) is 94.3 Å². The Kier molecular flexibility index (Phi) is 7.65. The van der Waals surface area contributed by atoms with Gasteiger partial charge in [-0.3, -0.25) is 9.59 Å². The number of carboxylic acids is 1. The van der Waals surface area contributed by atoms with Gasteiger partial charge in [0.25, 0.3) is 0 Å². The number of aliphatic carboxylic acids is 1. The third-order valence-electron chi connectivity index (χ3n) is 8.48. The number of benzene rings is 1. The number of ether oxygens (including phenoxy) is 6. The molecule has 1 aromatic rings. The van der Waals surface area contributed by atoms with Gasteiger partial charge in [-0.15, -0.1) is 0 Å². The Hall–Kier alpha value is -4.17. The molecule has 14 nitrogen and oxygen atoms in total. The van der Waals surface area contributed by atoms with Crippen LogP contribution in [-0.2, 0) is 50.0 Å². The van der Waals surface area contributed by atoms with Crippen molar-refractivity contribution in [3.8, 4) is 11.5 Å². The van der Waals surface area contributed by atoms with E-state index in [0.717, 1.165) is 19.4 Å². The molecule has 1 fully saturated rings. The number of likely N-dealkylation sites (tertiary alicyclic amines) is 1. The number of carbonyl (C=O) groups excluding carboxylic acids is 4. The number of aliphatic hydroxyl groups is 1. The molecule has 0 unspecified atom stereocenters. The minimum absolute atomic E-state index is 0.0328. The number of carboxylic acid groups (broad SMARTS) is 1. The number of esters is 3. The molecule has 2 heterocycles. The average Bonchev–Trinajstić information content (AvgIpc) is 3.25. The molecule has 1 aromatic carbocycles. The molecule has 5 rings (SSSR count). The molecule has 0 saturated carbocycles. The summed E-state index contributed by atoms with van der Waals surface area (Å²) >= 11 is 0. The molecule has 6 atom stereocenters. The Bertz CT molecular complexity index is 1460. The molecular formula is C30H35NO13. The maximum Gasteiger partial charge on any atom is 0.514 e. The first-order chi connectivity index (χ1) is 20.5. The molecule has 1 saturated heterocycles. The van der Waals surface area contributed by atoms with Gasteiger partial charge in [0, 0.05) is 31.9 Å². The number of carbonyl (C=O) groups is 5. The van der Waals surface area contributed by atoms with Gasteiger partial charge < -0.3 is 43.5 Å². The average molecular weight is 618 g/mol. The summed E-state index contributed by atoms with van der Waals surface area (Å²) < 4.78 is 32.7. The van der Waals surface area contributed by atoms with E-state index in [1.807, 2.05) is 7.05 Å². The summed E-state index contributed by atoms with van der Waals surface area (Å²) in [5.74, 6) is -4.94. The predicted octanol–water partition coefficient (Wildman–Crippen LogP) is 1.77. The highest BCUT2D eigenvalue weighted by molar-refractivity contribution is 5.88. The maximum absolute atomic E-state index is 13.4. The first kappa shape index (κ1) is 31.3. The zero-order valence-corrected chi connectivity index (χ0v) is 25.2. The lowest BCUT2D eigenvalue weighted by atomic mass is 9.50. The van der Waals surface area contributed by atoms with Crippen LogP contribution >= 0.6 is 0 Å². The summed E-state index contributed by atoms with van der Waals surface area (Å²) in [4.78, 5) is 63.4. The van der Waals surface area contributed by atoms with Crippen LogP contribution in [0.3, 0.4) is 0 Å².